The van der Waals surface area contributed by atoms with Crippen molar-refractivity contribution in [3.05, 3.63) is 104 Å². The third-order valence-corrected chi connectivity index (χ3v) is 6.95. The summed E-state index contributed by atoms with van der Waals surface area (Å²) in [6.45, 7) is 1.86. The Hall–Kier alpha value is -3.41. The molecular weight excluding hydrogens is 524 g/mol. The third-order valence-electron chi connectivity index (χ3n) is 4.79. The highest BCUT2D eigenvalue weighted by molar-refractivity contribution is 9.10. The Bertz CT molecular complexity index is 1310. The molecule has 0 unspecified atom stereocenters. The van der Waals surface area contributed by atoms with Crippen molar-refractivity contribution in [1.82, 2.24) is 10.1 Å². The number of sulfonamides is 1. The van der Waals surface area contributed by atoms with Crippen LogP contribution in [0.4, 0.5) is 5.69 Å². The van der Waals surface area contributed by atoms with E-state index in [1.165, 1.54) is 30.5 Å². The van der Waals surface area contributed by atoms with E-state index in [1.54, 1.807) is 48.5 Å². The molecule has 0 aromatic heterocycles. The van der Waals surface area contributed by atoms with Gasteiger partial charge in [0.25, 0.3) is 5.69 Å². The molecule has 3 rings (SSSR count). The summed E-state index contributed by atoms with van der Waals surface area (Å²) in [7, 11) is -3.89. The van der Waals surface area contributed by atoms with Crippen molar-refractivity contribution in [2.45, 2.75) is 24.3 Å². The smallest absolute Gasteiger partial charge is 0.273 e. The van der Waals surface area contributed by atoms with Gasteiger partial charge in [0.2, 0.25) is 15.9 Å². The lowest BCUT2D eigenvalue weighted by atomic mass is 10.0. The highest BCUT2D eigenvalue weighted by Crippen LogP contribution is 2.25. The number of carbonyl (C=O) groups excluding carboxylic acids is 1. The molecule has 1 atom stereocenters. The molecule has 0 radical (unpaired) electrons. The molecule has 0 fully saturated rings. The maximum Gasteiger partial charge on any atom is 0.284 e. The van der Waals surface area contributed by atoms with E-state index in [9.17, 15) is 23.3 Å². The first kappa shape index (κ1) is 25.2. The zero-order chi connectivity index (χ0) is 24.7. The van der Waals surface area contributed by atoms with Crippen molar-refractivity contribution < 1.29 is 18.1 Å². The van der Waals surface area contributed by atoms with Crippen LogP contribution in [0.15, 0.2) is 87.3 Å². The minimum Gasteiger partial charge on any atom is -0.273 e. The van der Waals surface area contributed by atoms with Crippen LogP contribution in [0.25, 0.3) is 0 Å². The Morgan fingerprint density at radius 1 is 1.12 bits per heavy atom. The number of halogens is 1. The van der Waals surface area contributed by atoms with Crippen molar-refractivity contribution >= 4 is 43.8 Å². The lowest BCUT2D eigenvalue weighted by Crippen LogP contribution is -2.32. The number of nitro groups is 1. The van der Waals surface area contributed by atoms with Gasteiger partial charge in [-0.15, -0.1) is 0 Å². The zero-order valence-electron chi connectivity index (χ0n) is 18.0. The van der Waals surface area contributed by atoms with Gasteiger partial charge in [-0.05, 0) is 46.6 Å². The summed E-state index contributed by atoms with van der Waals surface area (Å²) in [5.74, 6) is -0.539. The molecule has 0 aliphatic carbocycles. The Morgan fingerprint density at radius 3 is 2.44 bits per heavy atom. The van der Waals surface area contributed by atoms with E-state index in [4.69, 9.17) is 0 Å². The number of rotatable bonds is 9. The summed E-state index contributed by atoms with van der Waals surface area (Å²) in [6, 6.07) is 18.7. The fourth-order valence-corrected chi connectivity index (χ4v) is 4.66. The molecule has 9 nitrogen and oxygen atoms in total. The van der Waals surface area contributed by atoms with Crippen LogP contribution in [0, 0.1) is 17.0 Å². The van der Waals surface area contributed by atoms with Crippen molar-refractivity contribution in [2.24, 2.45) is 5.10 Å². The predicted octanol–water partition coefficient (Wildman–Crippen LogP) is 4.23. The molecule has 0 saturated heterocycles. The molecular formula is C23H21BrN4O5S. The van der Waals surface area contributed by atoms with Crippen LogP contribution in [0.2, 0.25) is 0 Å². The molecule has 3 aromatic rings. The Balaban J connectivity index is 1.73. The molecule has 0 saturated carbocycles. The maximum atomic E-state index is 12.9. The van der Waals surface area contributed by atoms with E-state index < -0.39 is 26.9 Å². The van der Waals surface area contributed by atoms with Gasteiger partial charge in [0.05, 0.1) is 26.5 Å². The first-order chi connectivity index (χ1) is 16.2. The standard InChI is InChI=1S/C23H21BrN4O5S/c1-16-7-10-19(11-8-16)34(32,33)27-21(18-5-3-2-4-6-18)14-23(29)26-25-15-17-9-12-20(24)22(13-17)28(30)31/h2-13,15,21,27H,14H2,1H3,(H,26,29)/b25-15-/t21-/m0/s1. The first-order valence-corrected chi connectivity index (χ1v) is 12.3. The largest absolute Gasteiger partial charge is 0.284 e. The van der Waals surface area contributed by atoms with Gasteiger partial charge in [-0.1, -0.05) is 54.1 Å². The van der Waals surface area contributed by atoms with Gasteiger partial charge in [0.1, 0.15) is 0 Å². The second kappa shape index (κ2) is 11.1. The number of nitrogens with zero attached hydrogens (tertiary/aromatic N) is 2. The van der Waals surface area contributed by atoms with Crippen molar-refractivity contribution in [1.29, 1.82) is 0 Å². The number of nitro benzene ring substituents is 1. The molecule has 2 N–H and O–H groups in total. The van der Waals surface area contributed by atoms with Gasteiger partial charge in [0, 0.05) is 18.1 Å². The van der Waals surface area contributed by atoms with Crippen LogP contribution in [-0.4, -0.2) is 25.5 Å². The normalized spacial score (nSPS) is 12.4. The quantitative estimate of drug-likeness (QED) is 0.236. The maximum absolute atomic E-state index is 12.9. The second-order valence-corrected chi connectivity index (χ2v) is 9.93. The van der Waals surface area contributed by atoms with E-state index in [2.05, 4.69) is 31.2 Å². The molecule has 34 heavy (non-hydrogen) atoms. The van der Waals surface area contributed by atoms with Crippen molar-refractivity contribution in [3.8, 4) is 0 Å². The predicted molar refractivity (Wildman–Crippen MR) is 132 cm³/mol. The second-order valence-electron chi connectivity index (χ2n) is 7.36. The molecule has 176 valence electrons. The summed E-state index contributed by atoms with van der Waals surface area (Å²) in [5.41, 5.74) is 4.15. The molecule has 0 aliphatic heterocycles. The lowest BCUT2D eigenvalue weighted by molar-refractivity contribution is -0.385. The number of carbonyl (C=O) groups is 1. The average Bonchev–Trinajstić information content (AvgIpc) is 2.80. The van der Waals surface area contributed by atoms with Crippen LogP contribution < -0.4 is 10.1 Å². The van der Waals surface area contributed by atoms with Gasteiger partial charge in [-0.2, -0.15) is 5.10 Å². The first-order valence-electron chi connectivity index (χ1n) is 10.1. The van der Waals surface area contributed by atoms with E-state index in [0.29, 0.717) is 15.6 Å². The number of aryl methyl sites for hydroxylation is 1. The molecule has 1 amide bonds. The van der Waals surface area contributed by atoms with E-state index >= 15 is 0 Å². The average molecular weight is 545 g/mol. The summed E-state index contributed by atoms with van der Waals surface area (Å²) >= 11 is 3.10. The van der Waals surface area contributed by atoms with Crippen molar-refractivity contribution in [3.63, 3.8) is 0 Å². The number of hydrogen-bond acceptors (Lipinski definition) is 6. The summed E-state index contributed by atoms with van der Waals surface area (Å²) < 4.78 is 28.7. The molecule has 0 aliphatic rings. The van der Waals surface area contributed by atoms with Crippen LogP contribution in [0.5, 0.6) is 0 Å². The number of benzene rings is 3. The monoisotopic (exact) mass is 544 g/mol. The topological polar surface area (TPSA) is 131 Å². The fourth-order valence-electron chi connectivity index (χ4n) is 3.05. The van der Waals surface area contributed by atoms with Crippen molar-refractivity contribution in [2.75, 3.05) is 0 Å². The highest BCUT2D eigenvalue weighted by Gasteiger charge is 2.23. The Morgan fingerprint density at radius 2 is 1.79 bits per heavy atom. The minimum absolute atomic E-state index is 0.0919. The molecule has 11 heteroatoms. The van der Waals surface area contributed by atoms with Crippen LogP contribution in [0.1, 0.15) is 29.2 Å². The number of amides is 1. The summed E-state index contributed by atoms with van der Waals surface area (Å²) in [5, 5.41) is 14.9. The van der Waals surface area contributed by atoms with Gasteiger partial charge in [-0.3, -0.25) is 14.9 Å². The van der Waals surface area contributed by atoms with Gasteiger partial charge in [-0.25, -0.2) is 18.6 Å². The van der Waals surface area contributed by atoms with Crippen LogP contribution in [0.3, 0.4) is 0 Å². The summed E-state index contributed by atoms with van der Waals surface area (Å²) in [6.07, 6.45) is 1.05. The highest BCUT2D eigenvalue weighted by atomic mass is 79.9. The van der Waals surface area contributed by atoms with Gasteiger partial charge >= 0.3 is 0 Å². The molecule has 0 heterocycles. The van der Waals surface area contributed by atoms with Crippen LogP contribution >= 0.6 is 15.9 Å². The fraction of sp³-hybridized carbons (Fsp3) is 0.130. The Labute approximate surface area is 205 Å². The van der Waals surface area contributed by atoms with Gasteiger partial charge < -0.3 is 0 Å². The Kier molecular flexibility index (Phi) is 8.26. The van der Waals surface area contributed by atoms with Gasteiger partial charge in [0.15, 0.2) is 0 Å². The number of hydrazone groups is 1. The SMILES string of the molecule is Cc1ccc(S(=O)(=O)N[C@@H](CC(=O)N/N=C\c2ccc(Br)c([N+](=O)[O-])c2)c2ccccc2)cc1. The van der Waals surface area contributed by atoms with E-state index in [1.807, 2.05) is 6.92 Å². The number of hydrogen-bond donors (Lipinski definition) is 2. The molecule has 0 bridgehead atoms. The van der Waals surface area contributed by atoms with Crippen LogP contribution in [-0.2, 0) is 14.8 Å². The number of nitrogens with one attached hydrogen (secondary N) is 2. The van der Waals surface area contributed by atoms with E-state index in [0.717, 1.165) is 5.56 Å². The minimum atomic E-state index is -3.89. The van der Waals surface area contributed by atoms with E-state index in [-0.39, 0.29) is 17.0 Å². The zero-order valence-corrected chi connectivity index (χ0v) is 20.4. The molecule has 3 aromatic carbocycles. The lowest BCUT2D eigenvalue weighted by Gasteiger charge is -2.18. The summed E-state index contributed by atoms with van der Waals surface area (Å²) in [4.78, 5) is 23.1. The third kappa shape index (κ3) is 6.80. The molecule has 0 spiro atoms.